The topological polar surface area (TPSA) is 58.6 Å². The van der Waals surface area contributed by atoms with Crippen molar-refractivity contribution in [2.75, 3.05) is 26.2 Å². The Bertz CT molecular complexity index is 839. The molecule has 1 fully saturated rings. The van der Waals surface area contributed by atoms with E-state index in [1.807, 2.05) is 30.3 Å². The number of likely N-dealkylation sites (tertiary alicyclic amines) is 1. The lowest BCUT2D eigenvalue weighted by Crippen LogP contribution is -2.44. The van der Waals surface area contributed by atoms with Gasteiger partial charge in [0.05, 0.1) is 4.47 Å². The molecule has 2 aromatic rings. The zero-order valence-corrected chi connectivity index (χ0v) is 17.7. The summed E-state index contributed by atoms with van der Waals surface area (Å²) in [5.41, 5.74) is 0.956. The molecule has 0 atom stereocenters. The first-order chi connectivity index (χ1) is 14.0. The lowest BCUT2D eigenvalue weighted by atomic mass is 9.96. The molecule has 0 radical (unpaired) electrons. The fourth-order valence-electron chi connectivity index (χ4n) is 3.31. The number of piperidine rings is 1. The van der Waals surface area contributed by atoms with Crippen LogP contribution >= 0.6 is 15.9 Å². The largest absolute Gasteiger partial charge is 0.484 e. The minimum absolute atomic E-state index is 0.00804. The molecule has 154 valence electrons. The van der Waals surface area contributed by atoms with Crippen molar-refractivity contribution < 1.29 is 18.7 Å². The van der Waals surface area contributed by atoms with Gasteiger partial charge in [-0.05, 0) is 65.0 Å². The highest BCUT2D eigenvalue weighted by Crippen LogP contribution is 2.19. The highest BCUT2D eigenvalue weighted by atomic mass is 79.9. The predicted octanol–water partition coefficient (Wildman–Crippen LogP) is 3.56. The smallest absolute Gasteiger partial charge is 0.260 e. The Morgan fingerprint density at radius 3 is 2.55 bits per heavy atom. The lowest BCUT2D eigenvalue weighted by molar-refractivity contribution is -0.137. The summed E-state index contributed by atoms with van der Waals surface area (Å²) in [4.78, 5) is 26.4. The van der Waals surface area contributed by atoms with E-state index in [0.29, 0.717) is 49.1 Å². The summed E-state index contributed by atoms with van der Waals surface area (Å²) in [7, 11) is 0. The molecule has 1 heterocycles. The van der Waals surface area contributed by atoms with Gasteiger partial charge in [-0.2, -0.15) is 0 Å². The normalized spacial score (nSPS) is 14.5. The number of rotatable bonds is 7. The number of hydrogen-bond acceptors (Lipinski definition) is 3. The molecule has 0 aliphatic carbocycles. The fourth-order valence-corrected chi connectivity index (χ4v) is 3.74. The summed E-state index contributed by atoms with van der Waals surface area (Å²) in [5.74, 6) is 0.235. The van der Waals surface area contributed by atoms with Crippen LogP contribution in [0.1, 0.15) is 18.4 Å². The van der Waals surface area contributed by atoms with Crippen molar-refractivity contribution in [2.24, 2.45) is 5.92 Å². The van der Waals surface area contributed by atoms with Crippen molar-refractivity contribution in [3.63, 3.8) is 0 Å². The van der Waals surface area contributed by atoms with Crippen LogP contribution in [0.25, 0.3) is 0 Å². The number of nitrogens with zero attached hydrogens (tertiary/aromatic N) is 1. The van der Waals surface area contributed by atoms with Gasteiger partial charge in [0.1, 0.15) is 11.6 Å². The SMILES string of the molecule is O=C(NCCc1ccc(F)c(Br)c1)C1CCN(C(=O)COc2ccccc2)CC1. The van der Waals surface area contributed by atoms with Crippen molar-refractivity contribution in [1.82, 2.24) is 10.2 Å². The maximum absolute atomic E-state index is 13.3. The van der Waals surface area contributed by atoms with E-state index in [9.17, 15) is 14.0 Å². The lowest BCUT2D eigenvalue weighted by Gasteiger charge is -2.31. The van der Waals surface area contributed by atoms with Crippen LogP contribution in [0.3, 0.4) is 0 Å². The van der Waals surface area contributed by atoms with Gasteiger partial charge in [0, 0.05) is 25.6 Å². The zero-order valence-electron chi connectivity index (χ0n) is 16.1. The second-order valence-electron chi connectivity index (χ2n) is 7.05. The number of carbonyl (C=O) groups is 2. The quantitative estimate of drug-likeness (QED) is 0.684. The van der Waals surface area contributed by atoms with Crippen molar-refractivity contribution in [3.05, 3.63) is 64.4 Å². The predicted molar refractivity (Wildman–Crippen MR) is 112 cm³/mol. The number of amides is 2. The van der Waals surface area contributed by atoms with Crippen LogP contribution < -0.4 is 10.1 Å². The molecule has 0 saturated carbocycles. The number of halogens is 2. The number of carbonyl (C=O) groups excluding carboxylic acids is 2. The van der Waals surface area contributed by atoms with Crippen molar-refractivity contribution in [1.29, 1.82) is 0 Å². The number of benzene rings is 2. The Morgan fingerprint density at radius 2 is 1.86 bits per heavy atom. The molecular formula is C22H24BrFN2O3. The van der Waals surface area contributed by atoms with Crippen LogP contribution in [-0.2, 0) is 16.0 Å². The van der Waals surface area contributed by atoms with E-state index in [1.54, 1.807) is 17.0 Å². The highest BCUT2D eigenvalue weighted by Gasteiger charge is 2.27. The van der Waals surface area contributed by atoms with Crippen molar-refractivity contribution in [3.8, 4) is 5.75 Å². The van der Waals surface area contributed by atoms with E-state index in [1.165, 1.54) is 6.07 Å². The van der Waals surface area contributed by atoms with Gasteiger partial charge in [-0.15, -0.1) is 0 Å². The molecule has 7 heteroatoms. The molecule has 1 aliphatic rings. The van der Waals surface area contributed by atoms with E-state index in [0.717, 1.165) is 5.56 Å². The van der Waals surface area contributed by atoms with E-state index >= 15 is 0 Å². The van der Waals surface area contributed by atoms with E-state index in [2.05, 4.69) is 21.2 Å². The maximum atomic E-state index is 13.3. The van der Waals surface area contributed by atoms with Gasteiger partial charge in [-0.25, -0.2) is 4.39 Å². The molecule has 5 nitrogen and oxygen atoms in total. The number of hydrogen-bond donors (Lipinski definition) is 1. The highest BCUT2D eigenvalue weighted by molar-refractivity contribution is 9.10. The number of para-hydroxylation sites is 1. The van der Waals surface area contributed by atoms with Crippen molar-refractivity contribution in [2.45, 2.75) is 19.3 Å². The molecule has 2 aromatic carbocycles. The molecule has 1 saturated heterocycles. The molecule has 0 bridgehead atoms. The van der Waals surface area contributed by atoms with Gasteiger partial charge in [0.25, 0.3) is 5.91 Å². The van der Waals surface area contributed by atoms with Crippen LogP contribution in [0.2, 0.25) is 0 Å². The second kappa shape index (κ2) is 10.4. The van der Waals surface area contributed by atoms with Crippen LogP contribution in [0.5, 0.6) is 5.75 Å². The first kappa shape index (κ1) is 21.3. The minimum Gasteiger partial charge on any atom is -0.484 e. The summed E-state index contributed by atoms with van der Waals surface area (Å²) in [6, 6.07) is 14.1. The first-order valence-corrected chi connectivity index (χ1v) is 10.5. The monoisotopic (exact) mass is 462 g/mol. The van der Waals surface area contributed by atoms with Gasteiger partial charge >= 0.3 is 0 Å². The third-order valence-corrected chi connectivity index (χ3v) is 5.63. The van der Waals surface area contributed by atoms with Crippen LogP contribution in [0.15, 0.2) is 53.0 Å². The molecule has 29 heavy (non-hydrogen) atoms. The molecule has 0 unspecified atom stereocenters. The average molecular weight is 463 g/mol. The number of nitrogens with one attached hydrogen (secondary N) is 1. The molecular weight excluding hydrogens is 439 g/mol. The standard InChI is InChI=1S/C22H24BrFN2O3/c23-19-14-16(6-7-20(19)24)8-11-25-22(28)17-9-12-26(13-10-17)21(27)15-29-18-4-2-1-3-5-18/h1-7,14,17H,8-13,15H2,(H,25,28). The Hall–Kier alpha value is -2.41. The minimum atomic E-state index is -0.298. The Balaban J connectivity index is 1.36. The van der Waals surface area contributed by atoms with Gasteiger partial charge in [0.15, 0.2) is 6.61 Å². The van der Waals surface area contributed by atoms with Gasteiger partial charge in [-0.3, -0.25) is 9.59 Å². The summed E-state index contributed by atoms with van der Waals surface area (Å²) in [6.45, 7) is 1.62. The van der Waals surface area contributed by atoms with Crippen LogP contribution in [0, 0.1) is 11.7 Å². The molecule has 1 N–H and O–H groups in total. The Morgan fingerprint density at radius 1 is 1.14 bits per heavy atom. The summed E-state index contributed by atoms with van der Waals surface area (Å²) in [6.07, 6.45) is 1.93. The summed E-state index contributed by atoms with van der Waals surface area (Å²) < 4.78 is 19.2. The van der Waals surface area contributed by atoms with Gasteiger partial charge in [-0.1, -0.05) is 24.3 Å². The van der Waals surface area contributed by atoms with Crippen LogP contribution in [-0.4, -0.2) is 43.0 Å². The van der Waals surface area contributed by atoms with E-state index in [4.69, 9.17) is 4.74 Å². The summed E-state index contributed by atoms with van der Waals surface area (Å²) >= 11 is 3.17. The molecule has 2 amide bonds. The Labute approximate surface area is 178 Å². The first-order valence-electron chi connectivity index (χ1n) is 9.70. The van der Waals surface area contributed by atoms with Gasteiger partial charge in [0.2, 0.25) is 5.91 Å². The van der Waals surface area contributed by atoms with E-state index in [-0.39, 0.29) is 30.2 Å². The third kappa shape index (κ3) is 6.29. The van der Waals surface area contributed by atoms with Gasteiger partial charge < -0.3 is 15.0 Å². The molecule has 0 aromatic heterocycles. The second-order valence-corrected chi connectivity index (χ2v) is 7.90. The fraction of sp³-hybridized carbons (Fsp3) is 0.364. The van der Waals surface area contributed by atoms with Crippen LogP contribution in [0.4, 0.5) is 4.39 Å². The molecule has 1 aliphatic heterocycles. The maximum Gasteiger partial charge on any atom is 0.260 e. The van der Waals surface area contributed by atoms with Crippen molar-refractivity contribution >= 4 is 27.7 Å². The van der Waals surface area contributed by atoms with E-state index < -0.39 is 0 Å². The molecule has 0 spiro atoms. The third-order valence-electron chi connectivity index (χ3n) is 5.02. The summed E-state index contributed by atoms with van der Waals surface area (Å²) in [5, 5.41) is 2.95. The number of ether oxygens (including phenoxy) is 1. The Kier molecular flexibility index (Phi) is 7.63. The molecule has 3 rings (SSSR count). The zero-order chi connectivity index (χ0) is 20.6. The average Bonchev–Trinajstić information content (AvgIpc) is 2.75.